The minimum absolute atomic E-state index is 0.644. The van der Waals surface area contributed by atoms with Gasteiger partial charge < -0.3 is 20.5 Å². The van der Waals surface area contributed by atoms with E-state index in [2.05, 4.69) is 11.4 Å². The van der Waals surface area contributed by atoms with Gasteiger partial charge >= 0.3 is 0 Å². The zero-order chi connectivity index (χ0) is 13.9. The molecule has 4 nitrogen and oxygen atoms in total. The molecule has 1 aromatic rings. The van der Waals surface area contributed by atoms with Gasteiger partial charge in [0.15, 0.2) is 0 Å². The Morgan fingerprint density at radius 2 is 2.00 bits per heavy atom. The number of nitrogens with one attached hydrogen (secondary N) is 1. The first kappa shape index (κ1) is 15.8. The van der Waals surface area contributed by atoms with E-state index in [4.69, 9.17) is 15.2 Å². The number of hydrogen-bond acceptors (Lipinski definition) is 4. The third-order valence-corrected chi connectivity index (χ3v) is 2.81. The Morgan fingerprint density at radius 3 is 2.68 bits per heavy atom. The third-order valence-electron chi connectivity index (χ3n) is 2.81. The van der Waals surface area contributed by atoms with Crippen LogP contribution in [0.15, 0.2) is 18.2 Å². The van der Waals surface area contributed by atoms with Gasteiger partial charge in [-0.15, -0.1) is 0 Å². The summed E-state index contributed by atoms with van der Waals surface area (Å²) in [6, 6.07) is 6.01. The molecule has 1 rings (SSSR count). The van der Waals surface area contributed by atoms with Gasteiger partial charge in [-0.05, 0) is 57.5 Å². The second kappa shape index (κ2) is 9.64. The molecule has 0 unspecified atom stereocenters. The molecular formula is C15H26N2O2. The Labute approximate surface area is 116 Å². The summed E-state index contributed by atoms with van der Waals surface area (Å²) in [5, 5.41) is 3.40. The monoisotopic (exact) mass is 266 g/mol. The minimum atomic E-state index is 0.644. The highest BCUT2D eigenvalue weighted by atomic mass is 16.5. The fourth-order valence-corrected chi connectivity index (χ4v) is 1.84. The quantitative estimate of drug-likeness (QED) is 0.503. The molecule has 0 saturated carbocycles. The molecule has 0 aromatic heterocycles. The number of nitrogens with two attached hydrogens (primary N) is 1. The zero-order valence-electron chi connectivity index (χ0n) is 12.1. The average molecular weight is 266 g/mol. The molecule has 0 atom stereocenters. The molecular weight excluding hydrogens is 240 g/mol. The maximum Gasteiger partial charge on any atom is 0.142 e. The molecule has 19 heavy (non-hydrogen) atoms. The van der Waals surface area contributed by atoms with Gasteiger partial charge in [-0.2, -0.15) is 0 Å². The number of rotatable bonds is 10. The molecule has 0 aliphatic heterocycles. The van der Waals surface area contributed by atoms with Crippen LogP contribution < -0.4 is 15.8 Å². The van der Waals surface area contributed by atoms with E-state index in [-0.39, 0.29) is 0 Å². The number of nitrogen functional groups attached to an aromatic ring is 1. The van der Waals surface area contributed by atoms with Gasteiger partial charge in [0.05, 0.1) is 12.3 Å². The standard InChI is InChI=1S/C15H26N2O2/c1-3-18-11-5-9-17-10-8-13-6-7-15(19-4-2)14(16)12-13/h6-7,12,17H,3-5,8-11,16H2,1-2H3. The van der Waals surface area contributed by atoms with Crippen LogP contribution >= 0.6 is 0 Å². The molecule has 0 saturated heterocycles. The van der Waals surface area contributed by atoms with Crippen molar-refractivity contribution in [2.45, 2.75) is 26.7 Å². The Morgan fingerprint density at radius 1 is 1.16 bits per heavy atom. The Balaban J connectivity index is 2.20. The van der Waals surface area contributed by atoms with E-state index in [0.717, 1.165) is 50.6 Å². The zero-order valence-corrected chi connectivity index (χ0v) is 12.1. The summed E-state index contributed by atoms with van der Waals surface area (Å²) >= 11 is 0. The van der Waals surface area contributed by atoms with Crippen molar-refractivity contribution in [3.05, 3.63) is 23.8 Å². The predicted molar refractivity (Wildman–Crippen MR) is 79.7 cm³/mol. The van der Waals surface area contributed by atoms with Crippen LogP contribution in [0.5, 0.6) is 5.75 Å². The smallest absolute Gasteiger partial charge is 0.142 e. The average Bonchev–Trinajstić information content (AvgIpc) is 2.41. The Hall–Kier alpha value is -1.26. The molecule has 3 N–H and O–H groups in total. The Bertz CT molecular complexity index is 356. The van der Waals surface area contributed by atoms with Crippen molar-refractivity contribution < 1.29 is 9.47 Å². The first-order chi connectivity index (χ1) is 9.27. The molecule has 0 fully saturated rings. The maximum absolute atomic E-state index is 5.93. The lowest BCUT2D eigenvalue weighted by Gasteiger charge is -2.09. The summed E-state index contributed by atoms with van der Waals surface area (Å²) in [4.78, 5) is 0. The molecule has 0 aliphatic carbocycles. The topological polar surface area (TPSA) is 56.5 Å². The first-order valence-electron chi connectivity index (χ1n) is 7.07. The van der Waals surface area contributed by atoms with Crippen molar-refractivity contribution in [1.82, 2.24) is 5.32 Å². The van der Waals surface area contributed by atoms with Crippen LogP contribution in [0.1, 0.15) is 25.8 Å². The van der Waals surface area contributed by atoms with E-state index in [1.165, 1.54) is 5.56 Å². The van der Waals surface area contributed by atoms with Crippen LogP contribution in [0.2, 0.25) is 0 Å². The highest BCUT2D eigenvalue weighted by molar-refractivity contribution is 5.54. The van der Waals surface area contributed by atoms with Crippen molar-refractivity contribution in [2.75, 3.05) is 38.6 Å². The van der Waals surface area contributed by atoms with Gasteiger partial charge in [-0.1, -0.05) is 6.07 Å². The lowest BCUT2D eigenvalue weighted by molar-refractivity contribution is 0.145. The number of ether oxygens (including phenoxy) is 2. The van der Waals surface area contributed by atoms with Crippen molar-refractivity contribution in [1.29, 1.82) is 0 Å². The highest BCUT2D eigenvalue weighted by Gasteiger charge is 2.01. The van der Waals surface area contributed by atoms with Gasteiger partial charge in [-0.25, -0.2) is 0 Å². The van der Waals surface area contributed by atoms with Gasteiger partial charge in [0.25, 0.3) is 0 Å². The van der Waals surface area contributed by atoms with Crippen molar-refractivity contribution in [3.8, 4) is 5.75 Å². The SMILES string of the molecule is CCOCCCNCCc1ccc(OCC)c(N)c1. The largest absolute Gasteiger partial charge is 0.492 e. The van der Waals surface area contributed by atoms with E-state index in [1.807, 2.05) is 26.0 Å². The van der Waals surface area contributed by atoms with Gasteiger partial charge in [0.2, 0.25) is 0 Å². The molecule has 0 radical (unpaired) electrons. The lowest BCUT2D eigenvalue weighted by Crippen LogP contribution is -2.19. The van der Waals surface area contributed by atoms with E-state index >= 15 is 0 Å². The molecule has 4 heteroatoms. The van der Waals surface area contributed by atoms with E-state index in [1.54, 1.807) is 0 Å². The molecule has 108 valence electrons. The summed E-state index contributed by atoms with van der Waals surface area (Å²) in [7, 11) is 0. The summed E-state index contributed by atoms with van der Waals surface area (Å²) in [6.07, 6.45) is 2.03. The molecule has 0 aliphatic rings. The summed E-state index contributed by atoms with van der Waals surface area (Å²) in [5.41, 5.74) is 7.88. The number of hydrogen-bond donors (Lipinski definition) is 2. The second-order valence-electron chi connectivity index (χ2n) is 4.36. The van der Waals surface area contributed by atoms with Crippen LogP contribution in [0.25, 0.3) is 0 Å². The second-order valence-corrected chi connectivity index (χ2v) is 4.36. The summed E-state index contributed by atoms with van der Waals surface area (Å²) in [5.74, 6) is 0.774. The van der Waals surface area contributed by atoms with Crippen LogP contribution in [-0.2, 0) is 11.2 Å². The first-order valence-corrected chi connectivity index (χ1v) is 7.07. The van der Waals surface area contributed by atoms with Crippen LogP contribution in [0, 0.1) is 0 Å². The number of benzene rings is 1. The molecule has 0 spiro atoms. The fraction of sp³-hybridized carbons (Fsp3) is 0.600. The normalized spacial score (nSPS) is 10.6. The van der Waals surface area contributed by atoms with Gasteiger partial charge in [0.1, 0.15) is 5.75 Å². The lowest BCUT2D eigenvalue weighted by atomic mass is 10.1. The molecule has 0 bridgehead atoms. The summed E-state index contributed by atoms with van der Waals surface area (Å²) in [6.45, 7) is 8.20. The minimum Gasteiger partial charge on any atom is -0.492 e. The maximum atomic E-state index is 5.93. The van der Waals surface area contributed by atoms with Crippen molar-refractivity contribution in [3.63, 3.8) is 0 Å². The molecule has 1 aromatic carbocycles. The molecule has 0 heterocycles. The Kier molecular flexibility index (Phi) is 8.02. The van der Waals surface area contributed by atoms with E-state index < -0.39 is 0 Å². The van der Waals surface area contributed by atoms with Crippen LogP contribution in [0.4, 0.5) is 5.69 Å². The highest BCUT2D eigenvalue weighted by Crippen LogP contribution is 2.22. The van der Waals surface area contributed by atoms with Crippen LogP contribution in [-0.4, -0.2) is 32.9 Å². The van der Waals surface area contributed by atoms with E-state index in [9.17, 15) is 0 Å². The van der Waals surface area contributed by atoms with Crippen molar-refractivity contribution in [2.24, 2.45) is 0 Å². The fourth-order valence-electron chi connectivity index (χ4n) is 1.84. The van der Waals surface area contributed by atoms with E-state index in [0.29, 0.717) is 6.61 Å². The van der Waals surface area contributed by atoms with Gasteiger partial charge in [-0.3, -0.25) is 0 Å². The number of anilines is 1. The van der Waals surface area contributed by atoms with Crippen molar-refractivity contribution >= 4 is 5.69 Å². The van der Waals surface area contributed by atoms with Crippen LogP contribution in [0.3, 0.4) is 0 Å². The predicted octanol–water partition coefficient (Wildman–Crippen LogP) is 2.23. The summed E-state index contributed by atoms with van der Waals surface area (Å²) < 4.78 is 10.7. The molecule has 0 amide bonds. The van der Waals surface area contributed by atoms with Gasteiger partial charge in [0, 0.05) is 13.2 Å². The third kappa shape index (κ3) is 6.45.